The molecule has 4 aromatic rings. The van der Waals surface area contributed by atoms with Crippen LogP contribution in [0, 0.1) is 0 Å². The number of pyridine rings is 1. The number of aromatic nitrogens is 1. The Hall–Kier alpha value is -3.76. The molecule has 1 aromatic heterocycles. The smallest absolute Gasteiger partial charge is 0.219 e. The summed E-state index contributed by atoms with van der Waals surface area (Å²) in [5.41, 5.74) is 4.70. The van der Waals surface area contributed by atoms with Crippen molar-refractivity contribution in [3.8, 4) is 11.6 Å². The highest BCUT2D eigenvalue weighted by molar-refractivity contribution is 5.74. The van der Waals surface area contributed by atoms with E-state index in [0.717, 1.165) is 44.5 Å². The molecular weight excluding hydrogens is 420 g/mol. The molecule has 0 N–H and O–H groups in total. The molecule has 1 aliphatic heterocycles. The van der Waals surface area contributed by atoms with Crippen LogP contribution >= 0.6 is 0 Å². The number of carbonyl (C=O) groups excluding carboxylic acids is 1. The van der Waals surface area contributed by atoms with Crippen LogP contribution in [0.15, 0.2) is 103 Å². The second kappa shape index (κ2) is 10.0. The van der Waals surface area contributed by atoms with Crippen LogP contribution in [0.1, 0.15) is 39.9 Å². The van der Waals surface area contributed by atoms with Crippen molar-refractivity contribution in [2.24, 2.45) is 0 Å². The van der Waals surface area contributed by atoms with Gasteiger partial charge in [0.2, 0.25) is 5.88 Å². The molecule has 4 nitrogen and oxygen atoms in total. The van der Waals surface area contributed by atoms with Gasteiger partial charge < -0.3 is 4.74 Å². The predicted octanol–water partition coefficient (Wildman–Crippen LogP) is 6.27. The fraction of sp³-hybridized carbons (Fsp3) is 0.200. The van der Waals surface area contributed by atoms with Gasteiger partial charge in [0.1, 0.15) is 5.75 Å². The highest BCUT2D eigenvalue weighted by atomic mass is 16.5. The number of aldehydes is 1. The van der Waals surface area contributed by atoms with Gasteiger partial charge in [-0.15, -0.1) is 0 Å². The predicted molar refractivity (Wildman–Crippen MR) is 134 cm³/mol. The average Bonchev–Trinajstić information content (AvgIpc) is 2.92. The van der Waals surface area contributed by atoms with Gasteiger partial charge in [-0.05, 0) is 60.8 Å². The zero-order chi connectivity index (χ0) is 23.2. The Labute approximate surface area is 200 Å². The normalized spacial score (nSPS) is 15.5. The fourth-order valence-corrected chi connectivity index (χ4v) is 4.91. The Balaban J connectivity index is 1.24. The van der Waals surface area contributed by atoms with Gasteiger partial charge in [0.25, 0.3) is 0 Å². The second-order valence-electron chi connectivity index (χ2n) is 8.88. The molecular formula is C30H28N2O2. The summed E-state index contributed by atoms with van der Waals surface area (Å²) in [6, 6.07) is 33.5. The molecule has 0 aliphatic carbocycles. The first-order valence-electron chi connectivity index (χ1n) is 11.8. The standard InChI is InChI=1S/C30H28N2O2/c33-23-25-13-16-29(31-21-25)34-28-14-11-24(12-15-28)22-32-19-17-30(18-20-32,26-7-3-1-4-8-26)27-9-5-2-6-10-27/h1-16,21,23H,17-20,22H2. The maximum Gasteiger partial charge on any atom is 0.219 e. The lowest BCUT2D eigenvalue weighted by molar-refractivity contribution is 0.112. The van der Waals surface area contributed by atoms with Crippen LogP contribution in [0.2, 0.25) is 0 Å². The van der Waals surface area contributed by atoms with E-state index >= 15 is 0 Å². The lowest BCUT2D eigenvalue weighted by atomic mass is 9.68. The van der Waals surface area contributed by atoms with Gasteiger partial charge in [-0.1, -0.05) is 72.8 Å². The van der Waals surface area contributed by atoms with E-state index in [4.69, 9.17) is 4.74 Å². The van der Waals surface area contributed by atoms with Gasteiger partial charge in [-0.25, -0.2) is 4.98 Å². The van der Waals surface area contributed by atoms with Crippen LogP contribution in [-0.4, -0.2) is 29.3 Å². The molecule has 3 aromatic carbocycles. The summed E-state index contributed by atoms with van der Waals surface area (Å²) in [6.45, 7) is 3.02. The lowest BCUT2D eigenvalue weighted by Crippen LogP contribution is -2.43. The third-order valence-electron chi connectivity index (χ3n) is 6.81. The number of hydrogen-bond donors (Lipinski definition) is 0. The van der Waals surface area contributed by atoms with Gasteiger partial charge in [-0.3, -0.25) is 9.69 Å². The zero-order valence-corrected chi connectivity index (χ0v) is 19.1. The highest BCUT2D eigenvalue weighted by Crippen LogP contribution is 2.41. The molecule has 4 heteroatoms. The summed E-state index contributed by atoms with van der Waals surface area (Å²) >= 11 is 0. The molecule has 1 aliphatic rings. The fourth-order valence-electron chi connectivity index (χ4n) is 4.91. The molecule has 1 fully saturated rings. The molecule has 0 bridgehead atoms. The van der Waals surface area contributed by atoms with Crippen molar-refractivity contribution in [3.05, 3.63) is 126 Å². The highest BCUT2D eigenvalue weighted by Gasteiger charge is 2.37. The van der Waals surface area contributed by atoms with E-state index in [1.807, 2.05) is 12.1 Å². The Morgan fingerprint density at radius 1 is 0.794 bits per heavy atom. The number of benzene rings is 3. The van der Waals surface area contributed by atoms with Crippen LogP contribution in [0.4, 0.5) is 0 Å². The number of piperidine rings is 1. The van der Waals surface area contributed by atoms with Crippen LogP contribution in [0.5, 0.6) is 11.6 Å². The summed E-state index contributed by atoms with van der Waals surface area (Å²) in [5, 5.41) is 0. The quantitative estimate of drug-likeness (QED) is 0.313. The molecule has 0 amide bonds. The molecule has 170 valence electrons. The van der Waals surface area contributed by atoms with E-state index in [1.54, 1.807) is 12.1 Å². The topological polar surface area (TPSA) is 42.4 Å². The van der Waals surface area contributed by atoms with Gasteiger partial charge in [0.15, 0.2) is 6.29 Å². The van der Waals surface area contributed by atoms with Gasteiger partial charge >= 0.3 is 0 Å². The van der Waals surface area contributed by atoms with E-state index in [9.17, 15) is 4.79 Å². The van der Waals surface area contributed by atoms with E-state index < -0.39 is 0 Å². The minimum absolute atomic E-state index is 0.0725. The molecule has 34 heavy (non-hydrogen) atoms. The molecule has 0 saturated carbocycles. The van der Waals surface area contributed by atoms with Crippen LogP contribution in [0.25, 0.3) is 0 Å². The number of hydrogen-bond acceptors (Lipinski definition) is 4. The van der Waals surface area contributed by atoms with Crippen molar-refractivity contribution in [1.82, 2.24) is 9.88 Å². The van der Waals surface area contributed by atoms with E-state index in [-0.39, 0.29) is 5.41 Å². The SMILES string of the molecule is O=Cc1ccc(Oc2ccc(CN3CCC(c4ccccc4)(c4ccccc4)CC3)cc2)nc1. The van der Waals surface area contributed by atoms with E-state index in [2.05, 4.69) is 82.7 Å². The largest absolute Gasteiger partial charge is 0.439 e. The van der Waals surface area contributed by atoms with Gasteiger partial charge in [0.05, 0.1) is 0 Å². The number of ether oxygens (including phenoxy) is 1. The van der Waals surface area contributed by atoms with Crippen molar-refractivity contribution >= 4 is 6.29 Å². The summed E-state index contributed by atoms with van der Waals surface area (Å²) in [4.78, 5) is 17.5. The molecule has 0 atom stereocenters. The Morgan fingerprint density at radius 3 is 1.94 bits per heavy atom. The van der Waals surface area contributed by atoms with Crippen LogP contribution in [0.3, 0.4) is 0 Å². The first kappa shape index (κ1) is 22.1. The number of carbonyl (C=O) groups is 1. The number of likely N-dealkylation sites (tertiary alicyclic amines) is 1. The molecule has 0 spiro atoms. The maximum atomic E-state index is 10.8. The van der Waals surface area contributed by atoms with Crippen molar-refractivity contribution < 1.29 is 9.53 Å². The molecule has 0 unspecified atom stereocenters. The summed E-state index contributed by atoms with van der Waals surface area (Å²) < 4.78 is 5.81. The Morgan fingerprint density at radius 2 is 1.41 bits per heavy atom. The number of nitrogens with zero attached hydrogens (tertiary/aromatic N) is 2. The Bertz CT molecular complexity index is 1160. The second-order valence-corrected chi connectivity index (χ2v) is 8.88. The zero-order valence-electron chi connectivity index (χ0n) is 19.1. The third kappa shape index (κ3) is 4.78. The minimum Gasteiger partial charge on any atom is -0.439 e. The van der Waals surface area contributed by atoms with Crippen LogP contribution < -0.4 is 4.74 Å². The third-order valence-corrected chi connectivity index (χ3v) is 6.81. The molecule has 2 heterocycles. The average molecular weight is 449 g/mol. The molecule has 5 rings (SSSR count). The molecule has 1 saturated heterocycles. The Kier molecular flexibility index (Phi) is 6.50. The van der Waals surface area contributed by atoms with Gasteiger partial charge in [0, 0.05) is 29.8 Å². The summed E-state index contributed by atoms with van der Waals surface area (Å²) in [5.74, 6) is 1.22. The monoisotopic (exact) mass is 448 g/mol. The first-order chi connectivity index (χ1) is 16.7. The summed E-state index contributed by atoms with van der Waals surface area (Å²) in [7, 11) is 0. The lowest BCUT2D eigenvalue weighted by Gasteiger charge is -2.43. The van der Waals surface area contributed by atoms with Crippen molar-refractivity contribution in [2.45, 2.75) is 24.8 Å². The van der Waals surface area contributed by atoms with Gasteiger partial charge in [-0.2, -0.15) is 0 Å². The van der Waals surface area contributed by atoms with E-state index in [0.29, 0.717) is 11.4 Å². The maximum absolute atomic E-state index is 10.8. The first-order valence-corrected chi connectivity index (χ1v) is 11.8. The van der Waals surface area contributed by atoms with Crippen molar-refractivity contribution in [1.29, 1.82) is 0 Å². The number of rotatable bonds is 7. The minimum atomic E-state index is 0.0725. The van der Waals surface area contributed by atoms with Crippen molar-refractivity contribution in [2.75, 3.05) is 13.1 Å². The van der Waals surface area contributed by atoms with Crippen LogP contribution in [-0.2, 0) is 12.0 Å². The van der Waals surface area contributed by atoms with Crippen molar-refractivity contribution in [3.63, 3.8) is 0 Å². The van der Waals surface area contributed by atoms with E-state index in [1.165, 1.54) is 22.9 Å². The summed E-state index contributed by atoms with van der Waals surface area (Å²) in [6.07, 6.45) is 4.49. The molecule has 0 radical (unpaired) electrons.